The van der Waals surface area contributed by atoms with Crippen molar-refractivity contribution in [2.45, 2.75) is 26.8 Å². The number of nitrogens with one attached hydrogen (secondary N) is 2. The Hall–Kier alpha value is -2.81. The van der Waals surface area contributed by atoms with Gasteiger partial charge in [-0.1, -0.05) is 13.0 Å². The summed E-state index contributed by atoms with van der Waals surface area (Å²) in [6.45, 7) is 6.12. The van der Waals surface area contributed by atoms with Gasteiger partial charge in [0, 0.05) is 0 Å². The van der Waals surface area contributed by atoms with Crippen LogP contribution in [0, 0.1) is 0 Å². The second-order valence-electron chi connectivity index (χ2n) is 5.97. The number of carbonyl (C=O) groups is 3. The highest BCUT2D eigenvalue weighted by Gasteiger charge is 2.19. The Labute approximate surface area is 157 Å². The number of hydrogen-bond donors (Lipinski definition) is 2. The van der Waals surface area contributed by atoms with E-state index in [2.05, 4.69) is 15.4 Å². The van der Waals surface area contributed by atoms with E-state index in [0.717, 1.165) is 5.56 Å². The van der Waals surface area contributed by atoms with E-state index in [1.807, 2.05) is 26.0 Å². The Balaban J connectivity index is 1.83. The average molecular weight is 379 g/mol. The van der Waals surface area contributed by atoms with Gasteiger partial charge in [0.15, 0.2) is 11.5 Å². The summed E-state index contributed by atoms with van der Waals surface area (Å²) >= 11 is 0. The van der Waals surface area contributed by atoms with Crippen LogP contribution < -0.4 is 20.1 Å². The highest BCUT2D eigenvalue weighted by Crippen LogP contribution is 2.34. The Morgan fingerprint density at radius 2 is 1.85 bits per heavy atom. The zero-order chi connectivity index (χ0) is 19.8. The summed E-state index contributed by atoms with van der Waals surface area (Å²) in [5.74, 6) is 0.583. The minimum atomic E-state index is -0.792. The summed E-state index contributed by atoms with van der Waals surface area (Å²) < 4.78 is 15.3. The highest BCUT2D eigenvalue weighted by molar-refractivity contribution is 5.93. The summed E-state index contributed by atoms with van der Waals surface area (Å²) in [5, 5.41) is 5.00. The number of hydrogen-bond acceptors (Lipinski definition) is 7. The second kappa shape index (κ2) is 9.77. The van der Waals surface area contributed by atoms with Gasteiger partial charge in [-0.2, -0.15) is 0 Å². The van der Waals surface area contributed by atoms with Gasteiger partial charge in [-0.05, 0) is 38.1 Å². The number of alkyl carbamates (subject to hydrolysis) is 1. The first-order valence-corrected chi connectivity index (χ1v) is 8.80. The molecule has 1 aromatic carbocycles. The zero-order valence-corrected chi connectivity index (χ0v) is 15.7. The van der Waals surface area contributed by atoms with Crippen molar-refractivity contribution in [1.82, 2.24) is 15.5 Å². The van der Waals surface area contributed by atoms with E-state index in [1.165, 1.54) is 0 Å². The van der Waals surface area contributed by atoms with E-state index in [9.17, 15) is 14.4 Å². The average Bonchev–Trinajstić information content (AvgIpc) is 3.08. The van der Waals surface area contributed by atoms with Crippen LogP contribution in [0.3, 0.4) is 0 Å². The molecule has 1 atom stereocenters. The molecule has 0 saturated heterocycles. The molecule has 148 valence electrons. The van der Waals surface area contributed by atoms with Gasteiger partial charge in [0.1, 0.15) is 0 Å². The highest BCUT2D eigenvalue weighted by atomic mass is 16.7. The van der Waals surface area contributed by atoms with Crippen LogP contribution >= 0.6 is 0 Å². The quantitative estimate of drug-likeness (QED) is 0.699. The molecule has 0 spiro atoms. The topological polar surface area (TPSA) is 106 Å². The van der Waals surface area contributed by atoms with Gasteiger partial charge < -0.3 is 19.5 Å². The number of benzene rings is 1. The molecule has 0 aromatic heterocycles. The molecule has 0 fully saturated rings. The number of likely N-dealkylation sites (N-methyl/N-ethyl adjacent to an activating group) is 1. The molecule has 27 heavy (non-hydrogen) atoms. The molecule has 1 aliphatic rings. The molecule has 9 heteroatoms. The largest absolute Gasteiger partial charge is 0.454 e. The SMILES string of the molecule is CCOC(=O)NC(=O)CN(CC)CC(=O)N[C@@H](C)c1ccc2c(c1)OCO2. The van der Waals surface area contributed by atoms with Crippen molar-refractivity contribution in [3.8, 4) is 11.5 Å². The molecule has 9 nitrogen and oxygen atoms in total. The molecule has 0 unspecified atom stereocenters. The van der Waals surface area contributed by atoms with E-state index < -0.39 is 12.0 Å². The predicted octanol–water partition coefficient (Wildman–Crippen LogP) is 1.19. The molecule has 0 saturated carbocycles. The Kier molecular flexibility index (Phi) is 7.42. The van der Waals surface area contributed by atoms with Crippen molar-refractivity contribution in [3.05, 3.63) is 23.8 Å². The molecule has 2 N–H and O–H groups in total. The number of rotatable bonds is 8. The first-order valence-electron chi connectivity index (χ1n) is 8.80. The van der Waals surface area contributed by atoms with Crippen LogP contribution in [0.1, 0.15) is 32.4 Å². The van der Waals surface area contributed by atoms with Crippen molar-refractivity contribution < 1.29 is 28.6 Å². The fraction of sp³-hybridized carbons (Fsp3) is 0.500. The summed E-state index contributed by atoms with van der Waals surface area (Å²) in [6, 6.07) is 5.26. The summed E-state index contributed by atoms with van der Waals surface area (Å²) in [5.41, 5.74) is 0.885. The molecule has 0 radical (unpaired) electrons. The van der Waals surface area contributed by atoms with Crippen molar-refractivity contribution in [3.63, 3.8) is 0 Å². The van der Waals surface area contributed by atoms with Crippen molar-refractivity contribution in [1.29, 1.82) is 0 Å². The fourth-order valence-corrected chi connectivity index (χ4v) is 2.56. The third-order valence-corrected chi connectivity index (χ3v) is 3.97. The fourth-order valence-electron chi connectivity index (χ4n) is 2.56. The monoisotopic (exact) mass is 379 g/mol. The number of carbonyl (C=O) groups excluding carboxylic acids is 3. The molecule has 0 bridgehead atoms. The number of ether oxygens (including phenoxy) is 3. The van der Waals surface area contributed by atoms with Gasteiger partial charge in [0.25, 0.3) is 0 Å². The third-order valence-electron chi connectivity index (χ3n) is 3.97. The van der Waals surface area contributed by atoms with Crippen molar-refractivity contribution in [2.24, 2.45) is 0 Å². The first-order chi connectivity index (χ1) is 12.9. The number of fused-ring (bicyclic) bond motifs is 1. The summed E-state index contributed by atoms with van der Waals surface area (Å²) in [6.07, 6.45) is -0.792. The zero-order valence-electron chi connectivity index (χ0n) is 15.7. The van der Waals surface area contributed by atoms with Crippen molar-refractivity contribution in [2.75, 3.05) is 33.0 Å². The van der Waals surface area contributed by atoms with Gasteiger partial charge in [-0.25, -0.2) is 4.79 Å². The Morgan fingerprint density at radius 3 is 2.56 bits per heavy atom. The van der Waals surface area contributed by atoms with Gasteiger partial charge in [-0.3, -0.25) is 19.8 Å². The molecular formula is C18H25N3O6. The van der Waals surface area contributed by atoms with Gasteiger partial charge in [-0.15, -0.1) is 0 Å². The number of amides is 3. The Morgan fingerprint density at radius 1 is 1.15 bits per heavy atom. The van der Waals surface area contributed by atoms with E-state index in [0.29, 0.717) is 18.0 Å². The van der Waals surface area contributed by atoms with Crippen LogP contribution in [0.4, 0.5) is 4.79 Å². The van der Waals surface area contributed by atoms with Crippen LogP contribution in [-0.4, -0.2) is 55.8 Å². The van der Waals surface area contributed by atoms with Crippen LogP contribution in [-0.2, 0) is 14.3 Å². The lowest BCUT2D eigenvalue weighted by Crippen LogP contribution is -2.44. The van der Waals surface area contributed by atoms with Gasteiger partial charge in [0.2, 0.25) is 18.6 Å². The summed E-state index contributed by atoms with van der Waals surface area (Å²) in [7, 11) is 0. The van der Waals surface area contributed by atoms with E-state index >= 15 is 0 Å². The van der Waals surface area contributed by atoms with Crippen molar-refractivity contribution >= 4 is 17.9 Å². The lowest BCUT2D eigenvalue weighted by Gasteiger charge is -2.21. The molecule has 0 aliphatic carbocycles. The maximum absolute atomic E-state index is 12.3. The standard InChI is InChI=1S/C18H25N3O6/c1-4-21(10-17(23)20-18(24)25-5-2)9-16(22)19-12(3)13-6-7-14-15(8-13)27-11-26-14/h6-8,12H,4-5,9-11H2,1-3H3,(H,19,22)(H,20,23,24)/t12-/m0/s1. The molecule has 1 aliphatic heterocycles. The van der Waals surface area contributed by atoms with E-state index in [1.54, 1.807) is 17.9 Å². The lowest BCUT2D eigenvalue weighted by molar-refractivity contribution is -0.125. The first kappa shape index (κ1) is 20.5. The van der Waals surface area contributed by atoms with E-state index in [-0.39, 0.29) is 38.4 Å². The van der Waals surface area contributed by atoms with Crippen LogP contribution in [0.5, 0.6) is 11.5 Å². The maximum atomic E-state index is 12.3. The lowest BCUT2D eigenvalue weighted by atomic mass is 10.1. The molecule has 2 rings (SSSR count). The molecule has 1 aromatic rings. The molecular weight excluding hydrogens is 354 g/mol. The van der Waals surface area contributed by atoms with E-state index in [4.69, 9.17) is 9.47 Å². The molecule has 3 amide bonds. The van der Waals surface area contributed by atoms with Gasteiger partial charge >= 0.3 is 6.09 Å². The van der Waals surface area contributed by atoms with Crippen LogP contribution in [0.15, 0.2) is 18.2 Å². The predicted molar refractivity (Wildman–Crippen MR) is 96.4 cm³/mol. The van der Waals surface area contributed by atoms with Crippen LogP contribution in [0.2, 0.25) is 0 Å². The minimum Gasteiger partial charge on any atom is -0.454 e. The normalized spacial score (nSPS) is 13.2. The maximum Gasteiger partial charge on any atom is 0.413 e. The summed E-state index contributed by atoms with van der Waals surface area (Å²) in [4.78, 5) is 37.0. The Bertz CT molecular complexity index is 694. The second-order valence-corrected chi connectivity index (χ2v) is 5.97. The smallest absolute Gasteiger partial charge is 0.413 e. The number of nitrogens with zero attached hydrogens (tertiary/aromatic N) is 1. The number of imide groups is 1. The minimum absolute atomic E-state index is 0.0294. The third kappa shape index (κ3) is 6.14. The molecule has 1 heterocycles. The van der Waals surface area contributed by atoms with Gasteiger partial charge in [0.05, 0.1) is 25.7 Å². The van der Waals surface area contributed by atoms with Crippen LogP contribution in [0.25, 0.3) is 0 Å².